The van der Waals surface area contributed by atoms with Crippen LogP contribution < -0.4 is 4.74 Å². The molecule has 3 aromatic rings. The molecule has 4 rings (SSSR count). The molecule has 1 atom stereocenters. The van der Waals surface area contributed by atoms with Crippen LogP contribution in [0.25, 0.3) is 22.3 Å². The maximum Gasteiger partial charge on any atom is 0.123 e. The maximum atomic E-state index is 5.87. The Hall–Kier alpha value is -2.36. The average Bonchev–Trinajstić information content (AvgIpc) is 2.99. The highest BCUT2D eigenvalue weighted by molar-refractivity contribution is 5.87. The zero-order valence-corrected chi connectivity index (χ0v) is 13.3. The van der Waals surface area contributed by atoms with Crippen molar-refractivity contribution in [2.45, 2.75) is 33.3 Å². The van der Waals surface area contributed by atoms with Crippen molar-refractivity contribution in [1.82, 2.24) is 14.5 Å². The van der Waals surface area contributed by atoms with Gasteiger partial charge in [-0.2, -0.15) is 0 Å². The van der Waals surface area contributed by atoms with Gasteiger partial charge in [0.25, 0.3) is 0 Å². The summed E-state index contributed by atoms with van der Waals surface area (Å²) in [6, 6.07) is 6.44. The Morgan fingerprint density at radius 2 is 2.05 bits per heavy atom. The van der Waals surface area contributed by atoms with E-state index in [1.807, 2.05) is 20.2 Å². The number of hydrogen-bond donors (Lipinski definition) is 0. The van der Waals surface area contributed by atoms with Crippen LogP contribution in [-0.4, -0.2) is 20.6 Å². The lowest BCUT2D eigenvalue weighted by atomic mass is 10.0. The highest BCUT2D eigenvalue weighted by atomic mass is 16.5. The lowest BCUT2D eigenvalue weighted by molar-refractivity contribution is 0.255. The van der Waals surface area contributed by atoms with Crippen LogP contribution >= 0.6 is 0 Å². The minimum absolute atomic E-state index is 0.256. The van der Waals surface area contributed by atoms with Crippen LogP contribution in [0.1, 0.15) is 23.9 Å². The molecule has 112 valence electrons. The quantitative estimate of drug-likeness (QED) is 0.688. The monoisotopic (exact) mass is 293 g/mol. The van der Waals surface area contributed by atoms with E-state index in [0.717, 1.165) is 40.3 Å². The van der Waals surface area contributed by atoms with E-state index >= 15 is 0 Å². The largest absolute Gasteiger partial charge is 0.490 e. The second-order valence-electron chi connectivity index (χ2n) is 6.18. The van der Waals surface area contributed by atoms with E-state index in [1.54, 1.807) is 0 Å². The van der Waals surface area contributed by atoms with Crippen LogP contribution in [0.5, 0.6) is 5.75 Å². The summed E-state index contributed by atoms with van der Waals surface area (Å²) in [5.74, 6) is 2.00. The Balaban J connectivity index is 1.93. The zero-order valence-electron chi connectivity index (χ0n) is 13.3. The van der Waals surface area contributed by atoms with Gasteiger partial charge in [-0.3, -0.25) is 0 Å². The van der Waals surface area contributed by atoms with Gasteiger partial charge in [-0.15, -0.1) is 0 Å². The van der Waals surface area contributed by atoms with Crippen molar-refractivity contribution >= 4 is 10.9 Å². The second-order valence-corrected chi connectivity index (χ2v) is 6.18. The third-order valence-electron chi connectivity index (χ3n) is 4.52. The standard InChI is InChI=1S/C18H19N3O/c1-10-5-16(17-9-19-12(3)21(17)4)20-15-7-13-6-11(2)22-18(13)8-14(10)15/h5,7-9,11H,6H2,1-4H3. The van der Waals surface area contributed by atoms with E-state index in [2.05, 4.69) is 41.6 Å². The fourth-order valence-corrected chi connectivity index (χ4v) is 3.17. The van der Waals surface area contributed by atoms with Crippen molar-refractivity contribution in [1.29, 1.82) is 0 Å². The Kier molecular flexibility index (Phi) is 2.76. The fraction of sp³-hybridized carbons (Fsp3) is 0.333. The van der Waals surface area contributed by atoms with Gasteiger partial charge in [0.1, 0.15) is 17.7 Å². The number of fused-ring (bicyclic) bond motifs is 2. The van der Waals surface area contributed by atoms with E-state index in [9.17, 15) is 0 Å². The molecule has 0 N–H and O–H groups in total. The minimum Gasteiger partial charge on any atom is -0.490 e. The van der Waals surface area contributed by atoms with Crippen molar-refractivity contribution in [2.75, 3.05) is 0 Å². The van der Waals surface area contributed by atoms with Gasteiger partial charge in [0.15, 0.2) is 0 Å². The van der Waals surface area contributed by atoms with Gasteiger partial charge in [0.05, 0.1) is 23.1 Å². The molecule has 0 radical (unpaired) electrons. The first-order valence-electron chi connectivity index (χ1n) is 7.62. The van der Waals surface area contributed by atoms with E-state index in [1.165, 1.54) is 11.1 Å². The van der Waals surface area contributed by atoms with Crippen LogP contribution in [0.15, 0.2) is 24.4 Å². The summed E-state index contributed by atoms with van der Waals surface area (Å²) >= 11 is 0. The summed E-state index contributed by atoms with van der Waals surface area (Å²) in [6.07, 6.45) is 3.11. The van der Waals surface area contributed by atoms with E-state index < -0.39 is 0 Å². The molecular weight excluding hydrogens is 274 g/mol. The van der Waals surface area contributed by atoms with Crippen LogP contribution in [0.4, 0.5) is 0 Å². The first-order chi connectivity index (χ1) is 10.5. The zero-order chi connectivity index (χ0) is 15.4. The maximum absolute atomic E-state index is 5.87. The molecule has 1 unspecified atom stereocenters. The van der Waals surface area contributed by atoms with Crippen molar-refractivity contribution in [3.63, 3.8) is 0 Å². The Morgan fingerprint density at radius 3 is 2.77 bits per heavy atom. The van der Waals surface area contributed by atoms with E-state index in [-0.39, 0.29) is 6.10 Å². The van der Waals surface area contributed by atoms with Crippen molar-refractivity contribution in [3.05, 3.63) is 41.3 Å². The Morgan fingerprint density at radius 1 is 1.23 bits per heavy atom. The van der Waals surface area contributed by atoms with E-state index in [4.69, 9.17) is 9.72 Å². The smallest absolute Gasteiger partial charge is 0.123 e. The van der Waals surface area contributed by atoms with Gasteiger partial charge in [0, 0.05) is 18.9 Å². The summed E-state index contributed by atoms with van der Waals surface area (Å²) in [6.45, 7) is 6.24. The van der Waals surface area contributed by atoms with Crippen LogP contribution in [0.3, 0.4) is 0 Å². The second kappa shape index (κ2) is 4.57. The number of rotatable bonds is 1. The predicted molar refractivity (Wildman–Crippen MR) is 87.2 cm³/mol. The minimum atomic E-state index is 0.256. The normalized spacial score (nSPS) is 16.8. The number of nitrogens with zero attached hydrogens (tertiary/aromatic N) is 3. The van der Waals surface area contributed by atoms with Gasteiger partial charge in [-0.05, 0) is 50.1 Å². The summed E-state index contributed by atoms with van der Waals surface area (Å²) in [5, 5.41) is 1.16. The first kappa shape index (κ1) is 13.3. The molecule has 0 amide bonds. The lowest BCUT2D eigenvalue weighted by Gasteiger charge is -2.09. The molecule has 0 saturated carbocycles. The number of pyridine rings is 1. The van der Waals surface area contributed by atoms with Gasteiger partial charge < -0.3 is 9.30 Å². The molecule has 22 heavy (non-hydrogen) atoms. The molecule has 3 heterocycles. The summed E-state index contributed by atoms with van der Waals surface area (Å²) in [4.78, 5) is 9.24. The molecular formula is C18H19N3O. The molecule has 0 fully saturated rings. The molecule has 1 aromatic carbocycles. The number of imidazole rings is 1. The Labute approximate surface area is 129 Å². The van der Waals surface area contributed by atoms with Gasteiger partial charge in [0.2, 0.25) is 0 Å². The van der Waals surface area contributed by atoms with Crippen LogP contribution in [-0.2, 0) is 13.5 Å². The van der Waals surface area contributed by atoms with Gasteiger partial charge >= 0.3 is 0 Å². The third-order valence-corrected chi connectivity index (χ3v) is 4.52. The fourth-order valence-electron chi connectivity index (χ4n) is 3.17. The average molecular weight is 293 g/mol. The van der Waals surface area contributed by atoms with Gasteiger partial charge in [-0.25, -0.2) is 9.97 Å². The number of benzene rings is 1. The van der Waals surface area contributed by atoms with Crippen molar-refractivity contribution in [2.24, 2.45) is 7.05 Å². The topological polar surface area (TPSA) is 39.9 Å². The summed E-state index contributed by atoms with van der Waals surface area (Å²) < 4.78 is 7.94. The first-order valence-corrected chi connectivity index (χ1v) is 7.62. The molecule has 4 nitrogen and oxygen atoms in total. The Bertz CT molecular complexity index is 895. The number of hydrogen-bond acceptors (Lipinski definition) is 3. The molecule has 0 bridgehead atoms. The van der Waals surface area contributed by atoms with Crippen LogP contribution in [0.2, 0.25) is 0 Å². The molecule has 0 aliphatic carbocycles. The highest BCUT2D eigenvalue weighted by Crippen LogP contribution is 2.34. The van der Waals surface area contributed by atoms with Crippen molar-refractivity contribution in [3.8, 4) is 17.1 Å². The molecule has 1 aliphatic rings. The summed E-state index contributed by atoms with van der Waals surface area (Å²) in [5.41, 5.74) is 5.52. The van der Waals surface area contributed by atoms with E-state index in [0.29, 0.717) is 0 Å². The number of aromatic nitrogens is 3. The van der Waals surface area contributed by atoms with Gasteiger partial charge in [-0.1, -0.05) is 0 Å². The van der Waals surface area contributed by atoms with Crippen LogP contribution in [0, 0.1) is 13.8 Å². The molecule has 0 saturated heterocycles. The number of aryl methyl sites for hydroxylation is 2. The van der Waals surface area contributed by atoms with Crippen molar-refractivity contribution < 1.29 is 4.74 Å². The molecule has 4 heteroatoms. The lowest BCUT2D eigenvalue weighted by Crippen LogP contribution is -2.05. The summed E-state index contributed by atoms with van der Waals surface area (Å²) in [7, 11) is 2.02. The SMILES string of the molecule is Cc1cc(-c2cnc(C)n2C)nc2cc3c(cc12)OC(C)C3. The third kappa shape index (κ3) is 1.90. The highest BCUT2D eigenvalue weighted by Gasteiger charge is 2.21. The molecule has 2 aromatic heterocycles. The molecule has 0 spiro atoms. The molecule has 1 aliphatic heterocycles. The number of ether oxygens (including phenoxy) is 1. The predicted octanol–water partition coefficient (Wildman–Crippen LogP) is 3.58.